The van der Waals surface area contributed by atoms with Crippen molar-refractivity contribution in [1.29, 1.82) is 0 Å². The highest BCUT2D eigenvalue weighted by Crippen LogP contribution is 2.34. The standard InChI is InChI=1S/C9H10BrCl2NO/c1-4(13)9(14)6-2-5(11)3-7(10)8(6)12/h2-4,9,14H,13H2,1H3/t4-,9-/m0/s1. The van der Waals surface area contributed by atoms with E-state index < -0.39 is 12.1 Å². The number of aliphatic hydroxyl groups excluding tert-OH is 1. The molecule has 0 amide bonds. The van der Waals surface area contributed by atoms with E-state index in [0.29, 0.717) is 20.1 Å². The smallest absolute Gasteiger partial charge is 0.0953 e. The Morgan fingerprint density at radius 2 is 2.00 bits per heavy atom. The Bertz CT molecular complexity index is 344. The highest BCUT2D eigenvalue weighted by atomic mass is 79.9. The zero-order chi connectivity index (χ0) is 10.9. The largest absolute Gasteiger partial charge is 0.387 e. The second-order valence-electron chi connectivity index (χ2n) is 3.09. The van der Waals surface area contributed by atoms with Gasteiger partial charge in [0, 0.05) is 21.1 Å². The zero-order valence-corrected chi connectivity index (χ0v) is 10.6. The minimum atomic E-state index is -0.808. The third kappa shape index (κ3) is 2.61. The van der Waals surface area contributed by atoms with Crippen LogP contribution < -0.4 is 5.73 Å². The van der Waals surface area contributed by atoms with Crippen molar-refractivity contribution in [1.82, 2.24) is 0 Å². The van der Waals surface area contributed by atoms with Crippen LogP contribution in [0.1, 0.15) is 18.6 Å². The maximum Gasteiger partial charge on any atom is 0.0953 e. The molecular formula is C9H10BrCl2NO. The van der Waals surface area contributed by atoms with E-state index in [4.69, 9.17) is 28.9 Å². The number of rotatable bonds is 2. The number of benzene rings is 1. The van der Waals surface area contributed by atoms with E-state index in [1.54, 1.807) is 19.1 Å². The predicted octanol–water partition coefficient (Wildman–Crippen LogP) is 3.14. The lowest BCUT2D eigenvalue weighted by molar-refractivity contribution is 0.153. The molecule has 0 bridgehead atoms. The van der Waals surface area contributed by atoms with Crippen LogP contribution in [0.15, 0.2) is 16.6 Å². The van der Waals surface area contributed by atoms with Crippen molar-refractivity contribution in [2.45, 2.75) is 19.1 Å². The highest BCUT2D eigenvalue weighted by Gasteiger charge is 2.18. The molecule has 0 aliphatic heterocycles. The maximum atomic E-state index is 9.74. The van der Waals surface area contributed by atoms with Crippen molar-refractivity contribution in [3.05, 3.63) is 32.2 Å². The Labute approximate surface area is 101 Å². The fraction of sp³-hybridized carbons (Fsp3) is 0.333. The van der Waals surface area contributed by atoms with Gasteiger partial charge in [0.2, 0.25) is 0 Å². The summed E-state index contributed by atoms with van der Waals surface area (Å²) >= 11 is 15.1. The van der Waals surface area contributed by atoms with Crippen LogP contribution in [0.25, 0.3) is 0 Å². The predicted molar refractivity (Wildman–Crippen MR) is 62.8 cm³/mol. The highest BCUT2D eigenvalue weighted by molar-refractivity contribution is 9.10. The molecule has 1 aromatic carbocycles. The Morgan fingerprint density at radius 3 is 2.50 bits per heavy atom. The molecule has 0 saturated carbocycles. The van der Waals surface area contributed by atoms with Gasteiger partial charge in [-0.05, 0) is 35.0 Å². The Morgan fingerprint density at radius 1 is 1.43 bits per heavy atom. The van der Waals surface area contributed by atoms with Gasteiger partial charge in [-0.1, -0.05) is 23.2 Å². The van der Waals surface area contributed by atoms with Crippen molar-refractivity contribution >= 4 is 39.1 Å². The van der Waals surface area contributed by atoms with Crippen molar-refractivity contribution in [2.24, 2.45) is 5.73 Å². The average Bonchev–Trinajstić information content (AvgIpc) is 2.09. The molecule has 0 aromatic heterocycles. The topological polar surface area (TPSA) is 46.2 Å². The summed E-state index contributed by atoms with van der Waals surface area (Å²) < 4.78 is 0.654. The number of nitrogens with two attached hydrogens (primary N) is 1. The molecule has 3 N–H and O–H groups in total. The third-order valence-corrected chi connectivity index (χ3v) is 3.33. The van der Waals surface area contributed by atoms with Gasteiger partial charge in [0.25, 0.3) is 0 Å². The summed E-state index contributed by atoms with van der Waals surface area (Å²) in [6, 6.07) is 2.89. The molecule has 0 radical (unpaired) electrons. The Kier molecular flexibility index (Phi) is 4.22. The van der Waals surface area contributed by atoms with Gasteiger partial charge in [-0.2, -0.15) is 0 Å². The minimum absolute atomic E-state index is 0.391. The fourth-order valence-corrected chi connectivity index (χ4v) is 2.13. The number of hydrogen-bond donors (Lipinski definition) is 2. The number of aliphatic hydroxyl groups is 1. The van der Waals surface area contributed by atoms with Crippen LogP contribution in [0.3, 0.4) is 0 Å². The first kappa shape index (κ1) is 12.3. The van der Waals surface area contributed by atoms with E-state index in [9.17, 15) is 5.11 Å². The quantitative estimate of drug-likeness (QED) is 0.824. The molecule has 78 valence electrons. The number of hydrogen-bond acceptors (Lipinski definition) is 2. The second kappa shape index (κ2) is 4.81. The molecule has 0 heterocycles. The van der Waals surface area contributed by atoms with Crippen LogP contribution in [-0.2, 0) is 0 Å². The lowest BCUT2D eigenvalue weighted by atomic mass is 10.0. The normalized spacial score (nSPS) is 15.3. The van der Waals surface area contributed by atoms with E-state index in [0.717, 1.165) is 0 Å². The van der Waals surface area contributed by atoms with Gasteiger partial charge in [-0.3, -0.25) is 0 Å². The first-order valence-corrected chi connectivity index (χ1v) is 5.56. The minimum Gasteiger partial charge on any atom is -0.387 e. The van der Waals surface area contributed by atoms with Gasteiger partial charge >= 0.3 is 0 Å². The summed E-state index contributed by atoms with van der Waals surface area (Å²) in [5.74, 6) is 0. The van der Waals surface area contributed by atoms with Crippen molar-refractivity contribution in [3.8, 4) is 0 Å². The van der Waals surface area contributed by atoms with Crippen LogP contribution in [-0.4, -0.2) is 11.1 Å². The first-order chi connectivity index (χ1) is 6.43. The molecule has 2 atom stereocenters. The van der Waals surface area contributed by atoms with E-state index in [-0.39, 0.29) is 0 Å². The summed E-state index contributed by atoms with van der Waals surface area (Å²) in [6.45, 7) is 1.70. The average molecular weight is 299 g/mol. The van der Waals surface area contributed by atoms with Gasteiger partial charge < -0.3 is 10.8 Å². The first-order valence-electron chi connectivity index (χ1n) is 4.01. The maximum absolute atomic E-state index is 9.74. The molecule has 5 heteroatoms. The molecule has 14 heavy (non-hydrogen) atoms. The molecule has 2 nitrogen and oxygen atoms in total. The number of halogens is 3. The van der Waals surface area contributed by atoms with Crippen LogP contribution in [0.2, 0.25) is 10.0 Å². The van der Waals surface area contributed by atoms with E-state index in [1.165, 1.54) is 0 Å². The Hall–Kier alpha value is 0.200. The van der Waals surface area contributed by atoms with Crippen LogP contribution >= 0.6 is 39.1 Å². The van der Waals surface area contributed by atoms with E-state index >= 15 is 0 Å². The molecule has 0 unspecified atom stereocenters. The molecule has 0 fully saturated rings. The second-order valence-corrected chi connectivity index (χ2v) is 4.76. The van der Waals surface area contributed by atoms with Gasteiger partial charge in [-0.25, -0.2) is 0 Å². The molecule has 0 aliphatic carbocycles. The summed E-state index contributed by atoms with van der Waals surface area (Å²) in [7, 11) is 0. The summed E-state index contributed by atoms with van der Waals surface area (Å²) in [6.07, 6.45) is -0.808. The molecule has 1 rings (SSSR count). The monoisotopic (exact) mass is 297 g/mol. The lowest BCUT2D eigenvalue weighted by Crippen LogP contribution is -2.24. The van der Waals surface area contributed by atoms with Gasteiger partial charge in [0.1, 0.15) is 0 Å². The molecular weight excluding hydrogens is 289 g/mol. The molecule has 0 saturated heterocycles. The molecule has 0 spiro atoms. The van der Waals surface area contributed by atoms with Crippen LogP contribution in [0, 0.1) is 0 Å². The van der Waals surface area contributed by atoms with E-state index in [1.807, 2.05) is 0 Å². The Balaban J connectivity index is 3.20. The fourth-order valence-electron chi connectivity index (χ4n) is 1.07. The van der Waals surface area contributed by atoms with E-state index in [2.05, 4.69) is 15.9 Å². The van der Waals surface area contributed by atoms with Gasteiger partial charge in [-0.15, -0.1) is 0 Å². The third-order valence-electron chi connectivity index (χ3n) is 1.84. The summed E-state index contributed by atoms with van der Waals surface area (Å²) in [4.78, 5) is 0. The lowest BCUT2D eigenvalue weighted by Gasteiger charge is -2.17. The van der Waals surface area contributed by atoms with Crippen molar-refractivity contribution < 1.29 is 5.11 Å². The van der Waals surface area contributed by atoms with Gasteiger partial charge in [0.15, 0.2) is 0 Å². The van der Waals surface area contributed by atoms with Crippen molar-refractivity contribution in [2.75, 3.05) is 0 Å². The van der Waals surface area contributed by atoms with Crippen molar-refractivity contribution in [3.63, 3.8) is 0 Å². The van der Waals surface area contributed by atoms with Gasteiger partial charge in [0.05, 0.1) is 11.1 Å². The summed E-state index contributed by atoms with van der Waals surface area (Å²) in [5, 5.41) is 10.7. The van der Waals surface area contributed by atoms with Crippen LogP contribution in [0.5, 0.6) is 0 Å². The molecule has 1 aromatic rings. The van der Waals surface area contributed by atoms with Crippen LogP contribution in [0.4, 0.5) is 0 Å². The SMILES string of the molecule is C[C@H](N)[C@H](O)c1cc(Cl)cc(Br)c1Cl. The summed E-state index contributed by atoms with van der Waals surface area (Å²) in [5.41, 5.74) is 6.11. The zero-order valence-electron chi connectivity index (χ0n) is 7.47. The molecule has 0 aliphatic rings.